The Labute approximate surface area is 125 Å². The van der Waals surface area contributed by atoms with Gasteiger partial charge in [-0.3, -0.25) is 9.59 Å². The molecule has 0 fully saturated rings. The number of hydrogen-bond donors (Lipinski definition) is 2. The van der Waals surface area contributed by atoms with Crippen molar-refractivity contribution < 1.29 is 14.3 Å². The van der Waals surface area contributed by atoms with Crippen molar-refractivity contribution in [2.75, 3.05) is 31.3 Å². The number of carbonyl (C=O) groups is 2. The molecule has 0 aliphatic carbocycles. The number of amides is 1. The highest BCUT2D eigenvalue weighted by Crippen LogP contribution is 2.25. The van der Waals surface area contributed by atoms with E-state index in [1.807, 2.05) is 6.92 Å². The van der Waals surface area contributed by atoms with Gasteiger partial charge in [-0.25, -0.2) is 0 Å². The Balaban J connectivity index is 2.43. The van der Waals surface area contributed by atoms with E-state index < -0.39 is 0 Å². The summed E-state index contributed by atoms with van der Waals surface area (Å²) in [5, 5.41) is 13.8. The molecular weight excluding hydrogens is 300 g/mol. The van der Waals surface area contributed by atoms with Gasteiger partial charge in [-0.2, -0.15) is 0 Å². The lowest BCUT2D eigenvalue weighted by atomic mass is 10.2. The van der Waals surface area contributed by atoms with E-state index in [0.717, 1.165) is 0 Å². The molecule has 1 heterocycles. The third-order valence-corrected chi connectivity index (χ3v) is 4.16. The van der Waals surface area contributed by atoms with Gasteiger partial charge in [0.15, 0.2) is 4.34 Å². The minimum atomic E-state index is -0.291. The summed E-state index contributed by atoms with van der Waals surface area (Å²) in [6, 6.07) is 0. The zero-order valence-electron chi connectivity index (χ0n) is 11.6. The van der Waals surface area contributed by atoms with Crippen molar-refractivity contribution in [1.29, 1.82) is 0 Å². The molecule has 20 heavy (non-hydrogen) atoms. The summed E-state index contributed by atoms with van der Waals surface area (Å²) >= 11 is 2.48. The van der Waals surface area contributed by atoms with Crippen LogP contribution in [-0.2, 0) is 14.3 Å². The van der Waals surface area contributed by atoms with Gasteiger partial charge in [0.1, 0.15) is 0 Å². The van der Waals surface area contributed by atoms with Crippen LogP contribution >= 0.6 is 23.1 Å². The molecule has 7 nitrogen and oxygen atoms in total. The molecule has 1 atom stereocenters. The number of nitrogens with one attached hydrogen (secondary N) is 2. The number of anilines is 1. The van der Waals surface area contributed by atoms with Gasteiger partial charge in [0.05, 0.1) is 12.4 Å². The molecule has 0 spiro atoms. The highest BCUT2D eigenvalue weighted by molar-refractivity contribution is 8.01. The van der Waals surface area contributed by atoms with Crippen LogP contribution < -0.4 is 10.6 Å². The number of hydrogen-bond acceptors (Lipinski definition) is 8. The molecule has 0 saturated heterocycles. The summed E-state index contributed by atoms with van der Waals surface area (Å²) in [6.45, 7) is 4.53. The summed E-state index contributed by atoms with van der Waals surface area (Å²) in [5.41, 5.74) is 0. The molecule has 2 N–H and O–H groups in total. The van der Waals surface area contributed by atoms with Gasteiger partial charge in [0.25, 0.3) is 0 Å². The quantitative estimate of drug-likeness (QED) is 0.419. The van der Waals surface area contributed by atoms with E-state index in [2.05, 4.69) is 20.8 Å². The molecule has 0 bridgehead atoms. The Morgan fingerprint density at radius 3 is 2.85 bits per heavy atom. The zero-order valence-corrected chi connectivity index (χ0v) is 13.3. The number of esters is 1. The van der Waals surface area contributed by atoms with Crippen LogP contribution in [0.25, 0.3) is 0 Å². The van der Waals surface area contributed by atoms with Crippen molar-refractivity contribution >= 4 is 40.1 Å². The van der Waals surface area contributed by atoms with E-state index in [-0.39, 0.29) is 23.5 Å². The average molecular weight is 318 g/mol. The minimum Gasteiger partial charge on any atom is -0.465 e. The smallest absolute Gasteiger partial charge is 0.316 e. The van der Waals surface area contributed by atoms with Gasteiger partial charge in [-0.05, 0) is 14.0 Å². The molecule has 9 heteroatoms. The maximum Gasteiger partial charge on any atom is 0.316 e. The van der Waals surface area contributed by atoms with Crippen molar-refractivity contribution in [3.05, 3.63) is 0 Å². The number of thioether (sulfide) groups is 1. The van der Waals surface area contributed by atoms with Crippen molar-refractivity contribution in [1.82, 2.24) is 15.5 Å². The SMILES string of the molecule is CCOC(=O)CSc1nnc(NC(=O)C(C)CNC)s1. The van der Waals surface area contributed by atoms with Crippen LogP contribution in [0.2, 0.25) is 0 Å². The number of nitrogens with zero attached hydrogens (tertiary/aromatic N) is 2. The average Bonchev–Trinajstić information content (AvgIpc) is 2.84. The lowest BCUT2D eigenvalue weighted by Gasteiger charge is -2.08. The fourth-order valence-corrected chi connectivity index (χ4v) is 2.82. The Morgan fingerprint density at radius 2 is 2.20 bits per heavy atom. The van der Waals surface area contributed by atoms with E-state index in [1.54, 1.807) is 14.0 Å². The summed E-state index contributed by atoms with van der Waals surface area (Å²) < 4.78 is 5.43. The molecule has 1 unspecified atom stereocenters. The minimum absolute atomic E-state index is 0.113. The van der Waals surface area contributed by atoms with E-state index in [1.165, 1.54) is 23.1 Å². The maximum atomic E-state index is 11.8. The van der Waals surface area contributed by atoms with Crippen LogP contribution in [0.1, 0.15) is 13.8 Å². The standard InChI is InChI=1S/C11H18N4O3S2/c1-4-18-8(16)6-19-11-15-14-10(20-11)13-9(17)7(2)5-12-3/h7,12H,4-6H2,1-3H3,(H,13,14,17). The fourth-order valence-electron chi connectivity index (χ4n) is 1.27. The van der Waals surface area contributed by atoms with Crippen LogP contribution in [0.3, 0.4) is 0 Å². The largest absolute Gasteiger partial charge is 0.465 e. The van der Waals surface area contributed by atoms with Gasteiger partial charge in [-0.15, -0.1) is 10.2 Å². The predicted octanol–water partition coefficient (Wildman–Crippen LogP) is 0.987. The molecular formula is C11H18N4O3S2. The highest BCUT2D eigenvalue weighted by Gasteiger charge is 2.15. The molecule has 0 aromatic carbocycles. The normalized spacial score (nSPS) is 11.9. The molecule has 1 aromatic rings. The Hall–Kier alpha value is -1.19. The Morgan fingerprint density at radius 1 is 1.45 bits per heavy atom. The maximum absolute atomic E-state index is 11.8. The molecule has 112 valence electrons. The third kappa shape index (κ3) is 5.85. The van der Waals surface area contributed by atoms with Crippen LogP contribution in [0.5, 0.6) is 0 Å². The van der Waals surface area contributed by atoms with Gasteiger partial charge < -0.3 is 15.4 Å². The topological polar surface area (TPSA) is 93.2 Å². The monoisotopic (exact) mass is 318 g/mol. The first-order chi connectivity index (χ1) is 9.56. The van der Waals surface area contributed by atoms with E-state index in [0.29, 0.717) is 22.6 Å². The molecule has 0 aliphatic heterocycles. The Bertz CT molecular complexity index is 453. The van der Waals surface area contributed by atoms with E-state index >= 15 is 0 Å². The predicted molar refractivity (Wildman–Crippen MR) is 79.0 cm³/mol. The zero-order chi connectivity index (χ0) is 15.0. The fraction of sp³-hybridized carbons (Fsp3) is 0.636. The first-order valence-electron chi connectivity index (χ1n) is 6.14. The van der Waals surface area contributed by atoms with Crippen LogP contribution in [0, 0.1) is 5.92 Å². The lowest BCUT2D eigenvalue weighted by Crippen LogP contribution is -2.28. The number of ether oxygens (including phenoxy) is 1. The van der Waals surface area contributed by atoms with E-state index in [9.17, 15) is 9.59 Å². The molecule has 0 saturated carbocycles. The molecule has 1 aromatic heterocycles. The van der Waals surface area contributed by atoms with Crippen LogP contribution in [-0.4, -0.2) is 48.0 Å². The van der Waals surface area contributed by atoms with Gasteiger partial charge >= 0.3 is 5.97 Å². The van der Waals surface area contributed by atoms with Crippen molar-refractivity contribution in [2.45, 2.75) is 18.2 Å². The van der Waals surface area contributed by atoms with Crippen molar-refractivity contribution in [3.63, 3.8) is 0 Å². The summed E-state index contributed by atoms with van der Waals surface area (Å²) in [6.07, 6.45) is 0. The van der Waals surface area contributed by atoms with Crippen LogP contribution in [0.4, 0.5) is 5.13 Å². The second-order valence-electron chi connectivity index (χ2n) is 3.91. The number of carbonyl (C=O) groups excluding carboxylic acids is 2. The molecule has 1 amide bonds. The van der Waals surface area contributed by atoms with E-state index in [4.69, 9.17) is 4.74 Å². The molecule has 1 rings (SSSR count). The number of aromatic nitrogens is 2. The molecule has 0 aliphatic rings. The highest BCUT2D eigenvalue weighted by atomic mass is 32.2. The van der Waals surface area contributed by atoms with Crippen molar-refractivity contribution in [3.8, 4) is 0 Å². The number of rotatable bonds is 8. The second-order valence-corrected chi connectivity index (χ2v) is 6.11. The van der Waals surface area contributed by atoms with Gasteiger partial charge in [0, 0.05) is 12.5 Å². The van der Waals surface area contributed by atoms with Gasteiger partial charge in [0.2, 0.25) is 11.0 Å². The van der Waals surface area contributed by atoms with Crippen LogP contribution in [0.15, 0.2) is 4.34 Å². The second kappa shape index (κ2) is 8.88. The van der Waals surface area contributed by atoms with Gasteiger partial charge in [-0.1, -0.05) is 30.0 Å². The molecule has 0 radical (unpaired) electrons. The third-order valence-electron chi connectivity index (χ3n) is 2.21. The first kappa shape index (κ1) is 16.9. The summed E-state index contributed by atoms with van der Waals surface area (Å²) in [7, 11) is 1.79. The first-order valence-corrected chi connectivity index (χ1v) is 7.94. The van der Waals surface area contributed by atoms with Crippen molar-refractivity contribution in [2.24, 2.45) is 5.92 Å². The summed E-state index contributed by atoms with van der Waals surface area (Å²) in [4.78, 5) is 23.0. The lowest BCUT2D eigenvalue weighted by molar-refractivity contribution is -0.139. The summed E-state index contributed by atoms with van der Waals surface area (Å²) in [5.74, 6) is -0.370. The Kier molecular flexibility index (Phi) is 7.48.